The lowest BCUT2D eigenvalue weighted by Gasteiger charge is -2.33. The minimum Gasteiger partial charge on any atom is -0.491 e. The molecule has 1 aliphatic rings. The van der Waals surface area contributed by atoms with E-state index in [1.165, 1.54) is 11.6 Å². The molecule has 11 heteroatoms. The molecular formula is C21H27ClN6O4. The molecule has 1 aromatic carbocycles. The van der Waals surface area contributed by atoms with Crippen molar-refractivity contribution in [3.63, 3.8) is 0 Å². The molecule has 32 heavy (non-hydrogen) atoms. The van der Waals surface area contributed by atoms with Crippen molar-refractivity contribution in [1.82, 2.24) is 23.6 Å². The Morgan fingerprint density at radius 1 is 1.06 bits per heavy atom. The predicted molar refractivity (Wildman–Crippen MR) is 123 cm³/mol. The SMILES string of the molecule is CN1CCN(c2nc3c(c(=O)n(C)c(=O)n3C)n2C[C@H](O)COc2ccc(Cl)cc2)CC1. The topological polar surface area (TPSA) is 97.8 Å². The number of nitrogens with zero attached hydrogens (tertiary/aromatic N) is 6. The number of hydrogen-bond acceptors (Lipinski definition) is 7. The summed E-state index contributed by atoms with van der Waals surface area (Å²) in [7, 11) is 5.09. The van der Waals surface area contributed by atoms with Crippen LogP contribution in [0.15, 0.2) is 33.9 Å². The Morgan fingerprint density at radius 3 is 2.38 bits per heavy atom. The summed E-state index contributed by atoms with van der Waals surface area (Å²) in [4.78, 5) is 34.4. The normalized spacial score (nSPS) is 16.0. The standard InChI is InChI=1S/C21H27ClN6O4/c1-24-8-10-27(11-9-24)20-23-18-17(19(30)26(3)21(31)25(18)2)28(20)12-15(29)13-32-16-6-4-14(22)5-7-16/h4-7,15,29H,8-13H2,1-3H3/t15-/m0/s1. The number of aliphatic hydroxyl groups is 1. The van der Waals surface area contributed by atoms with E-state index in [0.29, 0.717) is 22.4 Å². The highest BCUT2D eigenvalue weighted by Crippen LogP contribution is 2.22. The molecule has 10 nitrogen and oxygen atoms in total. The van der Waals surface area contributed by atoms with Crippen molar-refractivity contribution in [2.75, 3.05) is 44.7 Å². The zero-order valence-corrected chi connectivity index (χ0v) is 19.1. The molecular weight excluding hydrogens is 436 g/mol. The van der Waals surface area contributed by atoms with E-state index in [1.807, 2.05) is 0 Å². The Balaban J connectivity index is 1.69. The van der Waals surface area contributed by atoms with Gasteiger partial charge in [0.15, 0.2) is 11.2 Å². The summed E-state index contributed by atoms with van der Waals surface area (Å²) in [6, 6.07) is 6.87. The van der Waals surface area contributed by atoms with Crippen LogP contribution in [-0.2, 0) is 20.6 Å². The minimum absolute atomic E-state index is 0.0234. The predicted octanol–water partition coefficient (Wildman–Crippen LogP) is 0.279. The number of likely N-dealkylation sites (N-methyl/N-ethyl adjacent to an activating group) is 1. The van der Waals surface area contributed by atoms with Crippen molar-refractivity contribution in [2.24, 2.45) is 14.1 Å². The summed E-state index contributed by atoms with van der Waals surface area (Å²) in [6.45, 7) is 3.27. The van der Waals surface area contributed by atoms with Gasteiger partial charge in [0.05, 0.1) is 6.54 Å². The van der Waals surface area contributed by atoms with Crippen LogP contribution in [0.25, 0.3) is 11.2 Å². The number of aliphatic hydroxyl groups excluding tert-OH is 1. The second-order valence-corrected chi connectivity index (χ2v) is 8.55. The van der Waals surface area contributed by atoms with E-state index in [2.05, 4.69) is 21.8 Å². The first-order valence-electron chi connectivity index (χ1n) is 10.4. The van der Waals surface area contributed by atoms with Gasteiger partial charge in [0.25, 0.3) is 5.56 Å². The molecule has 1 atom stereocenters. The average molecular weight is 463 g/mol. The second-order valence-electron chi connectivity index (χ2n) is 8.11. The fraction of sp³-hybridized carbons (Fsp3) is 0.476. The molecule has 3 aromatic rings. The molecule has 0 aliphatic carbocycles. The van der Waals surface area contributed by atoms with Crippen molar-refractivity contribution < 1.29 is 9.84 Å². The van der Waals surface area contributed by atoms with Crippen LogP contribution in [-0.4, -0.2) is 74.6 Å². The van der Waals surface area contributed by atoms with Crippen LogP contribution in [0.4, 0.5) is 5.95 Å². The van der Waals surface area contributed by atoms with Crippen molar-refractivity contribution >= 4 is 28.7 Å². The Labute approximate surface area is 189 Å². The van der Waals surface area contributed by atoms with Crippen LogP contribution in [0.2, 0.25) is 5.02 Å². The highest BCUT2D eigenvalue weighted by atomic mass is 35.5. The van der Waals surface area contributed by atoms with E-state index >= 15 is 0 Å². The van der Waals surface area contributed by atoms with Gasteiger partial charge < -0.3 is 24.2 Å². The van der Waals surface area contributed by atoms with E-state index in [9.17, 15) is 14.7 Å². The lowest BCUT2D eigenvalue weighted by molar-refractivity contribution is 0.0935. The molecule has 1 fully saturated rings. The Kier molecular flexibility index (Phi) is 6.27. The zero-order valence-electron chi connectivity index (χ0n) is 18.4. The Morgan fingerprint density at radius 2 is 1.72 bits per heavy atom. The first-order chi connectivity index (χ1) is 15.3. The third-order valence-electron chi connectivity index (χ3n) is 5.76. The number of fused-ring (bicyclic) bond motifs is 1. The number of piperazine rings is 1. The van der Waals surface area contributed by atoms with Crippen LogP contribution in [0.1, 0.15) is 0 Å². The van der Waals surface area contributed by atoms with Crippen LogP contribution in [0, 0.1) is 0 Å². The largest absolute Gasteiger partial charge is 0.491 e. The molecule has 172 valence electrons. The third-order valence-corrected chi connectivity index (χ3v) is 6.02. The summed E-state index contributed by atoms with van der Waals surface area (Å²) >= 11 is 5.90. The summed E-state index contributed by atoms with van der Waals surface area (Å²) < 4.78 is 9.81. The van der Waals surface area contributed by atoms with Crippen molar-refractivity contribution in [3.05, 3.63) is 50.1 Å². The minimum atomic E-state index is -0.906. The van der Waals surface area contributed by atoms with Gasteiger partial charge in [-0.3, -0.25) is 13.9 Å². The van der Waals surface area contributed by atoms with Crippen LogP contribution in [0.3, 0.4) is 0 Å². The number of benzene rings is 1. The lowest BCUT2D eigenvalue weighted by atomic mass is 10.3. The number of aromatic nitrogens is 4. The lowest BCUT2D eigenvalue weighted by Crippen LogP contribution is -2.45. The summed E-state index contributed by atoms with van der Waals surface area (Å²) in [5.41, 5.74) is -0.294. The molecule has 4 rings (SSSR count). The maximum Gasteiger partial charge on any atom is 0.332 e. The monoisotopic (exact) mass is 462 g/mol. The fourth-order valence-corrected chi connectivity index (χ4v) is 3.97. The Bertz CT molecular complexity index is 1220. The number of rotatable bonds is 6. The van der Waals surface area contributed by atoms with Crippen LogP contribution >= 0.6 is 11.6 Å². The fourth-order valence-electron chi connectivity index (χ4n) is 3.84. The van der Waals surface area contributed by atoms with Crippen LogP contribution in [0.5, 0.6) is 5.75 Å². The van der Waals surface area contributed by atoms with E-state index in [4.69, 9.17) is 16.3 Å². The quantitative estimate of drug-likeness (QED) is 0.562. The molecule has 3 heterocycles. The average Bonchev–Trinajstić information content (AvgIpc) is 3.15. The number of halogens is 1. The first kappa shape index (κ1) is 22.4. The molecule has 0 unspecified atom stereocenters. The van der Waals surface area contributed by atoms with Gasteiger partial charge in [-0.2, -0.15) is 4.98 Å². The second kappa shape index (κ2) is 8.97. The molecule has 0 amide bonds. The number of aryl methyl sites for hydroxylation is 1. The number of imidazole rings is 1. The van der Waals surface area contributed by atoms with Gasteiger partial charge in [-0.05, 0) is 31.3 Å². The van der Waals surface area contributed by atoms with E-state index < -0.39 is 17.4 Å². The van der Waals surface area contributed by atoms with Gasteiger partial charge in [-0.15, -0.1) is 0 Å². The van der Waals surface area contributed by atoms with E-state index in [1.54, 1.807) is 35.9 Å². The molecule has 1 saturated heterocycles. The van der Waals surface area contributed by atoms with Crippen molar-refractivity contribution in [3.8, 4) is 5.75 Å². The molecule has 0 spiro atoms. The van der Waals surface area contributed by atoms with Gasteiger partial charge in [-0.25, -0.2) is 4.79 Å². The van der Waals surface area contributed by atoms with Gasteiger partial charge in [0, 0.05) is 45.3 Å². The van der Waals surface area contributed by atoms with Crippen molar-refractivity contribution in [2.45, 2.75) is 12.6 Å². The number of anilines is 1. The summed E-state index contributed by atoms with van der Waals surface area (Å²) in [6.07, 6.45) is -0.906. The highest BCUT2D eigenvalue weighted by Gasteiger charge is 2.26. The highest BCUT2D eigenvalue weighted by molar-refractivity contribution is 6.30. The maximum atomic E-state index is 13.0. The molecule has 0 bridgehead atoms. The van der Waals surface area contributed by atoms with Gasteiger partial charge >= 0.3 is 5.69 Å². The number of ether oxygens (including phenoxy) is 1. The molecule has 0 radical (unpaired) electrons. The smallest absolute Gasteiger partial charge is 0.332 e. The van der Waals surface area contributed by atoms with Gasteiger partial charge in [0.2, 0.25) is 5.95 Å². The van der Waals surface area contributed by atoms with Gasteiger partial charge in [-0.1, -0.05) is 11.6 Å². The van der Waals surface area contributed by atoms with E-state index in [-0.39, 0.29) is 18.7 Å². The Hall–Kier alpha value is -2.82. The van der Waals surface area contributed by atoms with Gasteiger partial charge in [0.1, 0.15) is 18.5 Å². The first-order valence-corrected chi connectivity index (χ1v) is 10.8. The van der Waals surface area contributed by atoms with Crippen molar-refractivity contribution in [1.29, 1.82) is 0 Å². The molecule has 2 aromatic heterocycles. The van der Waals surface area contributed by atoms with E-state index in [0.717, 1.165) is 30.7 Å². The summed E-state index contributed by atoms with van der Waals surface area (Å²) in [5, 5.41) is 11.3. The molecule has 0 saturated carbocycles. The molecule has 1 aliphatic heterocycles. The van der Waals surface area contributed by atoms with Crippen LogP contribution < -0.4 is 20.9 Å². The summed E-state index contributed by atoms with van der Waals surface area (Å²) in [5.74, 6) is 1.15. The zero-order chi connectivity index (χ0) is 23.0. The number of hydrogen-bond donors (Lipinski definition) is 1. The molecule has 1 N–H and O–H groups in total. The third kappa shape index (κ3) is 4.25. The maximum absolute atomic E-state index is 13.0.